The summed E-state index contributed by atoms with van der Waals surface area (Å²) in [4.78, 5) is 0. The molecule has 1 aromatic rings. The van der Waals surface area contributed by atoms with Crippen LogP contribution in [0.3, 0.4) is 0 Å². The van der Waals surface area contributed by atoms with E-state index in [1.807, 2.05) is 0 Å². The zero-order valence-corrected chi connectivity index (χ0v) is 12.3. The average Bonchev–Trinajstić information content (AvgIpc) is 2.93. The molecule has 0 saturated heterocycles. The third-order valence-corrected chi connectivity index (χ3v) is 4.04. The minimum atomic E-state index is 0.421. The maximum absolute atomic E-state index is 5.20. The molecular formula is C15H27N3O. The summed E-state index contributed by atoms with van der Waals surface area (Å²) in [6, 6.07) is 3.19. The Morgan fingerprint density at radius 2 is 2.21 bits per heavy atom. The van der Waals surface area contributed by atoms with Gasteiger partial charge in [0.05, 0.1) is 18.3 Å². The van der Waals surface area contributed by atoms with Crippen LogP contribution in [0.2, 0.25) is 0 Å². The van der Waals surface area contributed by atoms with Crippen molar-refractivity contribution >= 4 is 0 Å². The zero-order chi connectivity index (χ0) is 13.5. The summed E-state index contributed by atoms with van der Waals surface area (Å²) in [6.07, 6.45) is 9.89. The Hall–Kier alpha value is -0.870. The van der Waals surface area contributed by atoms with Gasteiger partial charge < -0.3 is 10.1 Å². The predicted molar refractivity (Wildman–Crippen MR) is 77.1 cm³/mol. The number of hydrogen-bond acceptors (Lipinski definition) is 3. The fourth-order valence-electron chi connectivity index (χ4n) is 2.79. The first-order valence-corrected chi connectivity index (χ1v) is 7.59. The molecule has 19 heavy (non-hydrogen) atoms. The van der Waals surface area contributed by atoms with Crippen molar-refractivity contribution in [2.45, 2.75) is 64.1 Å². The van der Waals surface area contributed by atoms with Gasteiger partial charge in [-0.25, -0.2) is 0 Å². The molecule has 0 aromatic carbocycles. The van der Waals surface area contributed by atoms with Gasteiger partial charge >= 0.3 is 0 Å². The third-order valence-electron chi connectivity index (χ3n) is 4.04. The van der Waals surface area contributed by atoms with E-state index in [0.717, 1.165) is 25.3 Å². The molecule has 1 unspecified atom stereocenters. The second kappa shape index (κ2) is 7.65. The van der Waals surface area contributed by atoms with Gasteiger partial charge in [0, 0.05) is 25.9 Å². The van der Waals surface area contributed by atoms with Crippen LogP contribution in [0.4, 0.5) is 0 Å². The Balaban J connectivity index is 1.82. The van der Waals surface area contributed by atoms with Gasteiger partial charge in [0.25, 0.3) is 0 Å². The van der Waals surface area contributed by atoms with Crippen molar-refractivity contribution in [3.05, 3.63) is 18.0 Å². The lowest BCUT2D eigenvalue weighted by atomic mass is 9.96. The molecule has 1 atom stereocenters. The molecule has 0 amide bonds. The van der Waals surface area contributed by atoms with Crippen LogP contribution >= 0.6 is 0 Å². The Labute approximate surface area is 116 Å². The number of rotatable bonds is 7. The third kappa shape index (κ3) is 4.32. The first-order valence-electron chi connectivity index (χ1n) is 7.59. The van der Waals surface area contributed by atoms with Crippen LogP contribution in [0.15, 0.2) is 12.3 Å². The second-order valence-corrected chi connectivity index (χ2v) is 5.52. The summed E-state index contributed by atoms with van der Waals surface area (Å²) in [7, 11) is 1.75. The zero-order valence-electron chi connectivity index (χ0n) is 12.3. The number of aromatic nitrogens is 2. The average molecular weight is 265 g/mol. The van der Waals surface area contributed by atoms with Crippen molar-refractivity contribution < 1.29 is 4.74 Å². The molecule has 1 N–H and O–H groups in total. The van der Waals surface area contributed by atoms with Crippen molar-refractivity contribution in [3.63, 3.8) is 0 Å². The molecule has 1 aliphatic carbocycles. The van der Waals surface area contributed by atoms with E-state index in [4.69, 9.17) is 9.84 Å². The summed E-state index contributed by atoms with van der Waals surface area (Å²) in [5.41, 5.74) is 1.14. The highest BCUT2D eigenvalue weighted by Crippen LogP contribution is 2.27. The van der Waals surface area contributed by atoms with Crippen LogP contribution in [0, 0.1) is 0 Å². The van der Waals surface area contributed by atoms with Crippen molar-refractivity contribution in [2.75, 3.05) is 13.7 Å². The lowest BCUT2D eigenvalue weighted by Gasteiger charge is -2.21. The smallest absolute Gasteiger partial charge is 0.0762 e. The Kier molecular flexibility index (Phi) is 5.86. The number of ether oxygens (including phenoxy) is 1. The van der Waals surface area contributed by atoms with Crippen LogP contribution in [-0.2, 0) is 11.3 Å². The van der Waals surface area contributed by atoms with E-state index in [-0.39, 0.29) is 0 Å². The van der Waals surface area contributed by atoms with Gasteiger partial charge in [0.1, 0.15) is 0 Å². The molecule has 0 aliphatic heterocycles. The molecular weight excluding hydrogens is 238 g/mol. The Morgan fingerprint density at radius 3 is 2.89 bits per heavy atom. The van der Waals surface area contributed by atoms with E-state index in [1.54, 1.807) is 7.11 Å². The highest BCUT2D eigenvalue weighted by atomic mass is 16.5. The quantitative estimate of drug-likeness (QED) is 0.824. The maximum atomic E-state index is 5.20. The molecule has 4 heteroatoms. The van der Waals surface area contributed by atoms with E-state index >= 15 is 0 Å². The molecule has 1 saturated carbocycles. The highest BCUT2D eigenvalue weighted by Gasteiger charge is 2.16. The molecule has 1 fully saturated rings. The molecule has 0 spiro atoms. The molecule has 0 radical (unpaired) electrons. The topological polar surface area (TPSA) is 39.1 Å². The first-order chi connectivity index (χ1) is 9.33. The summed E-state index contributed by atoms with van der Waals surface area (Å²) in [6.45, 7) is 3.78. The Morgan fingerprint density at radius 1 is 1.42 bits per heavy atom. The molecule has 0 bridgehead atoms. The van der Waals surface area contributed by atoms with E-state index in [1.165, 1.54) is 32.1 Å². The van der Waals surface area contributed by atoms with Crippen molar-refractivity contribution in [3.8, 4) is 0 Å². The maximum Gasteiger partial charge on any atom is 0.0762 e. The lowest BCUT2D eigenvalue weighted by molar-refractivity contribution is 0.163. The van der Waals surface area contributed by atoms with Gasteiger partial charge in [-0.1, -0.05) is 26.2 Å². The van der Waals surface area contributed by atoms with E-state index in [0.29, 0.717) is 12.1 Å². The molecule has 2 rings (SSSR count). The van der Waals surface area contributed by atoms with Gasteiger partial charge in [0.2, 0.25) is 0 Å². The van der Waals surface area contributed by atoms with Crippen molar-refractivity contribution in [1.82, 2.24) is 15.1 Å². The number of hydrogen-bond donors (Lipinski definition) is 1. The standard InChI is InChI=1S/C15H27N3O/c1-3-13(12-19-2)16-11-14-9-10-18(17-14)15-7-5-4-6-8-15/h9-10,13,15-16H,3-8,11-12H2,1-2H3. The molecule has 1 heterocycles. The SMILES string of the molecule is CCC(COC)NCc1ccn(C2CCCCC2)n1. The number of nitrogens with zero attached hydrogens (tertiary/aromatic N) is 2. The van der Waals surface area contributed by atoms with Crippen molar-refractivity contribution in [1.29, 1.82) is 0 Å². The van der Waals surface area contributed by atoms with Gasteiger partial charge in [0.15, 0.2) is 0 Å². The van der Waals surface area contributed by atoms with Crippen LogP contribution < -0.4 is 5.32 Å². The predicted octanol–water partition coefficient (Wildman–Crippen LogP) is 2.90. The minimum Gasteiger partial charge on any atom is -0.383 e. The summed E-state index contributed by atoms with van der Waals surface area (Å²) in [5, 5.41) is 8.22. The highest BCUT2D eigenvalue weighted by molar-refractivity contribution is 5.00. The summed E-state index contributed by atoms with van der Waals surface area (Å²) in [5.74, 6) is 0. The van der Waals surface area contributed by atoms with E-state index < -0.39 is 0 Å². The minimum absolute atomic E-state index is 0.421. The van der Waals surface area contributed by atoms with Crippen LogP contribution in [0.1, 0.15) is 57.2 Å². The molecule has 1 aliphatic rings. The van der Waals surface area contributed by atoms with Gasteiger partial charge in [-0.05, 0) is 25.3 Å². The molecule has 4 nitrogen and oxygen atoms in total. The van der Waals surface area contributed by atoms with Crippen LogP contribution in [-0.4, -0.2) is 29.5 Å². The lowest BCUT2D eigenvalue weighted by Crippen LogP contribution is -2.32. The van der Waals surface area contributed by atoms with E-state index in [9.17, 15) is 0 Å². The normalized spacial score (nSPS) is 18.6. The molecule has 108 valence electrons. The van der Waals surface area contributed by atoms with E-state index in [2.05, 4.69) is 29.2 Å². The molecule has 1 aromatic heterocycles. The van der Waals surface area contributed by atoms with Crippen molar-refractivity contribution in [2.24, 2.45) is 0 Å². The summed E-state index contributed by atoms with van der Waals surface area (Å²) < 4.78 is 7.37. The second-order valence-electron chi connectivity index (χ2n) is 5.52. The fraction of sp³-hybridized carbons (Fsp3) is 0.800. The van der Waals surface area contributed by atoms with Crippen LogP contribution in [0.5, 0.6) is 0 Å². The number of methoxy groups -OCH3 is 1. The Bertz CT molecular complexity index is 358. The largest absolute Gasteiger partial charge is 0.383 e. The monoisotopic (exact) mass is 265 g/mol. The van der Waals surface area contributed by atoms with Gasteiger partial charge in [-0.2, -0.15) is 5.10 Å². The fourth-order valence-corrected chi connectivity index (χ4v) is 2.79. The number of nitrogens with one attached hydrogen (secondary N) is 1. The summed E-state index contributed by atoms with van der Waals surface area (Å²) >= 11 is 0. The first kappa shape index (κ1) is 14.5. The van der Waals surface area contributed by atoms with Crippen LogP contribution in [0.25, 0.3) is 0 Å². The van der Waals surface area contributed by atoms with Gasteiger partial charge in [-0.15, -0.1) is 0 Å². The van der Waals surface area contributed by atoms with Gasteiger partial charge in [-0.3, -0.25) is 4.68 Å².